The number of aromatic nitrogens is 1. The fraction of sp³-hybridized carbons (Fsp3) is 0.412. The van der Waals surface area contributed by atoms with Gasteiger partial charge in [-0.2, -0.15) is 11.8 Å². The number of nitrogens with one attached hydrogen (secondary N) is 1. The Balaban J connectivity index is 1.56. The molecule has 1 amide bonds. The number of rotatable bonds is 6. The Morgan fingerprint density at radius 1 is 1.30 bits per heavy atom. The largest absolute Gasteiger partial charge is 0.487 e. The van der Waals surface area contributed by atoms with Crippen LogP contribution in [0.5, 0.6) is 5.75 Å². The number of nitrogens with zero attached hydrogens (tertiary/aromatic N) is 1. The standard InChI is InChI=1S/C17H20N2O3S/c1-23-11-17(20)18-12-6-8-13(9-7-12)21-10-15-14-4-2-3-5-16(14)22-19-15/h6-9H,2-5,10-11H2,1H3,(H,18,20). The maximum absolute atomic E-state index is 11.5. The average Bonchev–Trinajstić information content (AvgIpc) is 2.98. The molecule has 0 aliphatic heterocycles. The molecule has 0 spiro atoms. The highest BCUT2D eigenvalue weighted by atomic mass is 32.2. The topological polar surface area (TPSA) is 64.4 Å². The highest BCUT2D eigenvalue weighted by Gasteiger charge is 2.19. The summed E-state index contributed by atoms with van der Waals surface area (Å²) >= 11 is 1.50. The Morgan fingerprint density at radius 3 is 2.87 bits per heavy atom. The number of hydrogen-bond donors (Lipinski definition) is 1. The molecule has 1 aliphatic carbocycles. The van der Waals surface area contributed by atoms with E-state index in [1.807, 2.05) is 30.5 Å². The summed E-state index contributed by atoms with van der Waals surface area (Å²) in [5, 5.41) is 6.97. The number of aryl methyl sites for hydroxylation is 1. The van der Waals surface area contributed by atoms with Gasteiger partial charge in [0, 0.05) is 17.7 Å². The number of benzene rings is 1. The zero-order chi connectivity index (χ0) is 16.1. The van der Waals surface area contributed by atoms with Gasteiger partial charge in [0.05, 0.1) is 5.75 Å². The van der Waals surface area contributed by atoms with Gasteiger partial charge >= 0.3 is 0 Å². The molecule has 1 N–H and O–H groups in total. The second-order valence-electron chi connectivity index (χ2n) is 5.53. The summed E-state index contributed by atoms with van der Waals surface area (Å²) in [5.41, 5.74) is 2.89. The van der Waals surface area contributed by atoms with E-state index < -0.39 is 0 Å². The second kappa shape index (κ2) is 7.55. The highest BCUT2D eigenvalue weighted by molar-refractivity contribution is 7.99. The predicted octanol–water partition coefficient (Wildman–Crippen LogP) is 3.43. The Hall–Kier alpha value is -1.95. The molecule has 1 aromatic heterocycles. The third-order valence-electron chi connectivity index (χ3n) is 3.82. The lowest BCUT2D eigenvalue weighted by molar-refractivity contribution is -0.113. The molecule has 1 aromatic carbocycles. The van der Waals surface area contributed by atoms with Gasteiger partial charge in [0.1, 0.15) is 23.8 Å². The van der Waals surface area contributed by atoms with Crippen molar-refractivity contribution in [3.63, 3.8) is 0 Å². The van der Waals surface area contributed by atoms with Crippen molar-refractivity contribution < 1.29 is 14.1 Å². The van der Waals surface area contributed by atoms with E-state index in [1.165, 1.54) is 30.2 Å². The number of hydrogen-bond acceptors (Lipinski definition) is 5. The minimum absolute atomic E-state index is 0.000364. The normalized spacial score (nSPS) is 13.4. The maximum atomic E-state index is 11.5. The van der Waals surface area contributed by atoms with Gasteiger partial charge in [0.15, 0.2) is 0 Å². The van der Waals surface area contributed by atoms with E-state index in [1.54, 1.807) is 0 Å². The Labute approximate surface area is 139 Å². The van der Waals surface area contributed by atoms with E-state index in [9.17, 15) is 4.79 Å². The van der Waals surface area contributed by atoms with Gasteiger partial charge in [-0.1, -0.05) is 5.16 Å². The number of carbonyl (C=O) groups is 1. The molecule has 1 aliphatic rings. The van der Waals surface area contributed by atoms with E-state index >= 15 is 0 Å². The zero-order valence-electron chi connectivity index (χ0n) is 13.1. The smallest absolute Gasteiger partial charge is 0.234 e. The summed E-state index contributed by atoms with van der Waals surface area (Å²) in [6.07, 6.45) is 6.27. The van der Waals surface area contributed by atoms with Crippen molar-refractivity contribution in [2.24, 2.45) is 0 Å². The number of anilines is 1. The monoisotopic (exact) mass is 332 g/mol. The van der Waals surface area contributed by atoms with Gasteiger partial charge in [0.25, 0.3) is 0 Å². The predicted molar refractivity (Wildman–Crippen MR) is 90.9 cm³/mol. The van der Waals surface area contributed by atoms with Crippen LogP contribution in [0.4, 0.5) is 5.69 Å². The van der Waals surface area contributed by atoms with Gasteiger partial charge in [-0.25, -0.2) is 0 Å². The maximum Gasteiger partial charge on any atom is 0.234 e. The Morgan fingerprint density at radius 2 is 2.09 bits per heavy atom. The quantitative estimate of drug-likeness (QED) is 0.878. The van der Waals surface area contributed by atoms with Crippen LogP contribution in [0.25, 0.3) is 0 Å². The molecule has 1 heterocycles. The molecule has 122 valence electrons. The minimum atomic E-state index is 0.000364. The van der Waals surface area contributed by atoms with Gasteiger partial charge in [0.2, 0.25) is 5.91 Å². The van der Waals surface area contributed by atoms with E-state index in [4.69, 9.17) is 9.26 Å². The van der Waals surface area contributed by atoms with Crippen LogP contribution < -0.4 is 10.1 Å². The number of amides is 1. The van der Waals surface area contributed by atoms with Gasteiger partial charge in [-0.15, -0.1) is 0 Å². The lowest BCUT2D eigenvalue weighted by atomic mass is 9.97. The molecule has 23 heavy (non-hydrogen) atoms. The first-order valence-corrected chi connectivity index (χ1v) is 9.13. The molecule has 0 saturated carbocycles. The van der Waals surface area contributed by atoms with E-state index in [-0.39, 0.29) is 5.91 Å². The van der Waals surface area contributed by atoms with Gasteiger partial charge < -0.3 is 14.6 Å². The fourth-order valence-electron chi connectivity index (χ4n) is 2.68. The minimum Gasteiger partial charge on any atom is -0.487 e. The Bertz CT molecular complexity index is 667. The summed E-state index contributed by atoms with van der Waals surface area (Å²) in [6.45, 7) is 0.414. The highest BCUT2D eigenvalue weighted by Crippen LogP contribution is 2.25. The van der Waals surface area contributed by atoms with Crippen LogP contribution in [0, 0.1) is 0 Å². The third-order valence-corrected chi connectivity index (χ3v) is 4.37. The first kappa shape index (κ1) is 15.9. The molecule has 0 unspecified atom stereocenters. The SMILES string of the molecule is CSCC(=O)Nc1ccc(OCc2noc3c2CCCC3)cc1. The van der Waals surface area contributed by atoms with Crippen molar-refractivity contribution in [1.29, 1.82) is 0 Å². The first-order valence-electron chi connectivity index (χ1n) is 7.74. The Kier molecular flexibility index (Phi) is 5.23. The molecule has 0 radical (unpaired) electrons. The van der Waals surface area contributed by atoms with Crippen LogP contribution in [0.15, 0.2) is 28.8 Å². The van der Waals surface area contributed by atoms with Crippen molar-refractivity contribution >= 4 is 23.4 Å². The number of thioether (sulfide) groups is 1. The van der Waals surface area contributed by atoms with Crippen LogP contribution in [-0.4, -0.2) is 23.1 Å². The van der Waals surface area contributed by atoms with E-state index in [0.717, 1.165) is 35.7 Å². The van der Waals surface area contributed by atoms with Gasteiger partial charge in [-0.05, 0) is 49.8 Å². The van der Waals surface area contributed by atoms with Crippen molar-refractivity contribution in [3.8, 4) is 5.75 Å². The summed E-state index contributed by atoms with van der Waals surface area (Å²) < 4.78 is 11.2. The van der Waals surface area contributed by atoms with E-state index in [2.05, 4.69) is 10.5 Å². The van der Waals surface area contributed by atoms with Crippen LogP contribution in [-0.2, 0) is 24.2 Å². The fourth-order valence-corrected chi connectivity index (χ4v) is 3.01. The summed E-state index contributed by atoms with van der Waals surface area (Å²) in [4.78, 5) is 11.5. The number of ether oxygens (including phenoxy) is 1. The summed E-state index contributed by atoms with van der Waals surface area (Å²) in [7, 11) is 0. The first-order chi connectivity index (χ1) is 11.3. The summed E-state index contributed by atoms with van der Waals surface area (Å²) in [5.74, 6) is 2.22. The molecule has 5 nitrogen and oxygen atoms in total. The molecule has 0 fully saturated rings. The van der Waals surface area contributed by atoms with Crippen molar-refractivity contribution in [3.05, 3.63) is 41.3 Å². The molecule has 2 aromatic rings. The molecule has 0 atom stereocenters. The molecule has 0 bridgehead atoms. The lowest BCUT2D eigenvalue weighted by Gasteiger charge is -2.10. The van der Waals surface area contributed by atoms with Crippen LogP contribution in [0.2, 0.25) is 0 Å². The molecular formula is C17H20N2O3S. The number of fused-ring (bicyclic) bond motifs is 1. The van der Waals surface area contributed by atoms with Crippen LogP contribution in [0.3, 0.4) is 0 Å². The van der Waals surface area contributed by atoms with Crippen molar-refractivity contribution in [2.45, 2.75) is 32.3 Å². The average molecular weight is 332 g/mol. The zero-order valence-corrected chi connectivity index (χ0v) is 13.9. The molecule has 3 rings (SSSR count). The lowest BCUT2D eigenvalue weighted by Crippen LogP contribution is -2.13. The van der Waals surface area contributed by atoms with Gasteiger partial charge in [-0.3, -0.25) is 4.79 Å². The van der Waals surface area contributed by atoms with Crippen molar-refractivity contribution in [1.82, 2.24) is 5.16 Å². The van der Waals surface area contributed by atoms with E-state index in [0.29, 0.717) is 12.4 Å². The molecule has 0 saturated heterocycles. The number of carbonyl (C=O) groups excluding carboxylic acids is 1. The second-order valence-corrected chi connectivity index (χ2v) is 6.40. The molecular weight excluding hydrogens is 312 g/mol. The molecule has 6 heteroatoms. The van der Waals surface area contributed by atoms with Crippen molar-refractivity contribution in [2.75, 3.05) is 17.3 Å². The van der Waals surface area contributed by atoms with Crippen LogP contribution in [0.1, 0.15) is 29.9 Å². The third kappa shape index (κ3) is 4.07. The van der Waals surface area contributed by atoms with Crippen LogP contribution >= 0.6 is 11.8 Å². The summed E-state index contributed by atoms with van der Waals surface area (Å²) in [6, 6.07) is 7.38.